The molecular formula is C18H25NO3. The topological polar surface area (TPSA) is 45.4 Å². The van der Waals surface area contributed by atoms with Crippen LogP contribution < -0.4 is 14.2 Å². The van der Waals surface area contributed by atoms with Crippen molar-refractivity contribution in [2.75, 3.05) is 13.2 Å². The molecule has 0 N–H and O–H groups in total. The van der Waals surface area contributed by atoms with Gasteiger partial charge in [0.05, 0.1) is 18.6 Å². The summed E-state index contributed by atoms with van der Waals surface area (Å²) in [5.41, 5.74) is 1.58. The van der Waals surface area contributed by atoms with E-state index in [2.05, 4.69) is 13.8 Å². The van der Waals surface area contributed by atoms with Gasteiger partial charge in [-0.05, 0) is 25.8 Å². The summed E-state index contributed by atoms with van der Waals surface area (Å²) >= 11 is 0. The Kier molecular flexibility index (Phi) is 5.87. The van der Waals surface area contributed by atoms with E-state index < -0.39 is 0 Å². The Balaban J connectivity index is 2.45. The Morgan fingerprint density at radius 1 is 1.00 bits per heavy atom. The molecule has 0 aliphatic carbocycles. The van der Waals surface area contributed by atoms with E-state index in [4.69, 9.17) is 9.47 Å². The summed E-state index contributed by atoms with van der Waals surface area (Å²) in [6.07, 6.45) is 3.95. The summed E-state index contributed by atoms with van der Waals surface area (Å²) in [6, 6.07) is 7.56. The van der Waals surface area contributed by atoms with Gasteiger partial charge in [-0.1, -0.05) is 38.8 Å². The maximum absolute atomic E-state index is 12.6. The fraction of sp³-hybridized carbons (Fsp3) is 0.500. The van der Waals surface area contributed by atoms with Crippen molar-refractivity contribution in [3.63, 3.8) is 0 Å². The molecule has 0 saturated carbocycles. The van der Waals surface area contributed by atoms with E-state index in [0.717, 1.165) is 41.4 Å². The quantitative estimate of drug-likeness (QED) is 0.418. The van der Waals surface area contributed by atoms with Crippen molar-refractivity contribution in [3.8, 4) is 11.6 Å². The molecule has 120 valence electrons. The number of rotatable bonds is 8. The van der Waals surface area contributed by atoms with E-state index in [1.165, 1.54) is 0 Å². The van der Waals surface area contributed by atoms with Crippen LogP contribution in [0.4, 0.5) is 0 Å². The highest BCUT2D eigenvalue weighted by atomic mass is 16.6. The zero-order valence-electron chi connectivity index (χ0n) is 13.7. The first-order chi connectivity index (χ1) is 10.7. The van der Waals surface area contributed by atoms with E-state index in [1.54, 1.807) is 0 Å². The summed E-state index contributed by atoms with van der Waals surface area (Å²) in [5, 5.41) is 13.5. The smallest absolute Gasteiger partial charge is 0.423 e. The second-order valence-electron chi connectivity index (χ2n) is 5.47. The standard InChI is InChI=1S/C18H25NO3/c1-4-6-12-21-17-14(3)15-10-8-9-11-16(15)19(20)18(17)22-13-7-5-2/h8-11H,4-7,12-13H2,1-3H3. The lowest BCUT2D eigenvalue weighted by Crippen LogP contribution is -2.31. The van der Waals surface area contributed by atoms with Crippen LogP contribution in [0.1, 0.15) is 45.1 Å². The number of para-hydroxylation sites is 1. The van der Waals surface area contributed by atoms with Crippen molar-refractivity contribution in [1.29, 1.82) is 0 Å². The summed E-state index contributed by atoms with van der Waals surface area (Å²) in [5.74, 6) is 0.874. The molecule has 0 radical (unpaired) electrons. The van der Waals surface area contributed by atoms with Crippen molar-refractivity contribution in [2.24, 2.45) is 0 Å². The molecule has 0 fully saturated rings. The molecule has 4 nitrogen and oxygen atoms in total. The van der Waals surface area contributed by atoms with E-state index in [9.17, 15) is 5.21 Å². The summed E-state index contributed by atoms with van der Waals surface area (Å²) in [4.78, 5) is 0. The first-order valence-electron chi connectivity index (χ1n) is 8.11. The third kappa shape index (κ3) is 3.43. The molecule has 1 aromatic heterocycles. The largest absolute Gasteiger partial charge is 0.615 e. The highest BCUT2D eigenvalue weighted by Crippen LogP contribution is 2.33. The Labute approximate surface area is 132 Å². The highest BCUT2D eigenvalue weighted by molar-refractivity contribution is 5.82. The molecule has 0 aliphatic rings. The van der Waals surface area contributed by atoms with Gasteiger partial charge in [-0.15, -0.1) is 4.73 Å². The minimum atomic E-state index is 0.292. The lowest BCUT2D eigenvalue weighted by Gasteiger charge is -2.16. The summed E-state index contributed by atoms with van der Waals surface area (Å²) < 4.78 is 12.5. The molecule has 2 rings (SSSR count). The van der Waals surface area contributed by atoms with Crippen LogP contribution in [0, 0.1) is 12.1 Å². The van der Waals surface area contributed by atoms with Crippen LogP contribution in [0.2, 0.25) is 0 Å². The molecule has 22 heavy (non-hydrogen) atoms. The van der Waals surface area contributed by atoms with E-state index >= 15 is 0 Å². The molecule has 0 unspecified atom stereocenters. The van der Waals surface area contributed by atoms with Crippen molar-refractivity contribution in [2.45, 2.75) is 46.5 Å². The number of aromatic nitrogens is 1. The zero-order chi connectivity index (χ0) is 15.9. The van der Waals surface area contributed by atoms with Gasteiger partial charge in [0.15, 0.2) is 0 Å². The average Bonchev–Trinajstić information content (AvgIpc) is 2.54. The summed E-state index contributed by atoms with van der Waals surface area (Å²) in [6.45, 7) is 7.32. The fourth-order valence-electron chi connectivity index (χ4n) is 2.38. The normalized spacial score (nSPS) is 10.9. The molecule has 0 saturated heterocycles. The van der Waals surface area contributed by atoms with Gasteiger partial charge in [0.1, 0.15) is 0 Å². The van der Waals surface area contributed by atoms with Crippen LogP contribution >= 0.6 is 0 Å². The minimum Gasteiger partial charge on any atom is -0.615 e. The number of hydrogen-bond donors (Lipinski definition) is 0. The van der Waals surface area contributed by atoms with Gasteiger partial charge >= 0.3 is 5.88 Å². The Morgan fingerprint density at radius 2 is 1.64 bits per heavy atom. The molecule has 0 bridgehead atoms. The number of benzene rings is 1. The van der Waals surface area contributed by atoms with Crippen LogP contribution in [0.15, 0.2) is 24.3 Å². The molecule has 0 spiro atoms. The molecule has 0 atom stereocenters. The SMILES string of the molecule is CCCCOc1c(C)c2ccccc2[n+]([O-])c1OCCCC. The predicted molar refractivity (Wildman–Crippen MR) is 88.5 cm³/mol. The van der Waals surface area contributed by atoms with Crippen LogP contribution in [0.5, 0.6) is 11.6 Å². The first kappa shape index (κ1) is 16.4. The number of nitrogens with zero attached hydrogens (tertiary/aromatic N) is 1. The van der Waals surface area contributed by atoms with Crippen molar-refractivity contribution in [1.82, 2.24) is 0 Å². The second-order valence-corrected chi connectivity index (χ2v) is 5.47. The lowest BCUT2D eigenvalue weighted by molar-refractivity contribution is -0.585. The van der Waals surface area contributed by atoms with Crippen molar-refractivity contribution < 1.29 is 14.2 Å². The van der Waals surface area contributed by atoms with Crippen molar-refractivity contribution in [3.05, 3.63) is 35.0 Å². The van der Waals surface area contributed by atoms with Gasteiger partial charge in [-0.3, -0.25) is 0 Å². The van der Waals surface area contributed by atoms with E-state index in [1.807, 2.05) is 31.2 Å². The number of aryl methyl sites for hydroxylation is 1. The van der Waals surface area contributed by atoms with Gasteiger partial charge in [-0.25, -0.2) is 0 Å². The van der Waals surface area contributed by atoms with Gasteiger partial charge in [0.25, 0.3) is 0 Å². The Morgan fingerprint density at radius 3 is 2.32 bits per heavy atom. The monoisotopic (exact) mass is 303 g/mol. The van der Waals surface area contributed by atoms with E-state index in [-0.39, 0.29) is 0 Å². The molecule has 1 aromatic carbocycles. The molecular weight excluding hydrogens is 278 g/mol. The number of fused-ring (bicyclic) bond motifs is 1. The molecule has 0 amide bonds. The summed E-state index contributed by atoms with van der Waals surface area (Å²) in [7, 11) is 0. The van der Waals surface area contributed by atoms with Gasteiger partial charge in [-0.2, -0.15) is 0 Å². The van der Waals surface area contributed by atoms with Crippen LogP contribution in [0.25, 0.3) is 10.9 Å². The molecule has 2 aromatic rings. The van der Waals surface area contributed by atoms with Crippen LogP contribution in [0.3, 0.4) is 0 Å². The Bertz CT molecular complexity index is 571. The predicted octanol–water partition coefficient (Wildman–Crippen LogP) is 4.14. The van der Waals surface area contributed by atoms with Gasteiger partial charge in [0, 0.05) is 11.6 Å². The fourth-order valence-corrected chi connectivity index (χ4v) is 2.38. The first-order valence-corrected chi connectivity index (χ1v) is 8.11. The van der Waals surface area contributed by atoms with Crippen LogP contribution in [-0.4, -0.2) is 13.2 Å². The van der Waals surface area contributed by atoms with E-state index in [0.29, 0.717) is 30.4 Å². The van der Waals surface area contributed by atoms with Gasteiger partial charge in [0.2, 0.25) is 11.3 Å². The van der Waals surface area contributed by atoms with Crippen LogP contribution in [-0.2, 0) is 0 Å². The zero-order valence-corrected chi connectivity index (χ0v) is 13.7. The maximum atomic E-state index is 12.6. The molecule has 0 aliphatic heterocycles. The third-order valence-corrected chi connectivity index (χ3v) is 3.73. The number of ether oxygens (including phenoxy) is 2. The lowest BCUT2D eigenvalue weighted by atomic mass is 10.1. The van der Waals surface area contributed by atoms with Crippen molar-refractivity contribution >= 4 is 10.9 Å². The highest BCUT2D eigenvalue weighted by Gasteiger charge is 2.24. The second kappa shape index (κ2) is 7.87. The average molecular weight is 303 g/mol. The third-order valence-electron chi connectivity index (χ3n) is 3.73. The number of unbranched alkanes of at least 4 members (excludes halogenated alkanes) is 2. The molecule has 1 heterocycles. The minimum absolute atomic E-state index is 0.292. The van der Waals surface area contributed by atoms with Gasteiger partial charge < -0.3 is 14.7 Å². The maximum Gasteiger partial charge on any atom is 0.423 e. The molecule has 4 heteroatoms. The number of pyridine rings is 1. The number of hydrogen-bond acceptors (Lipinski definition) is 3. The Hall–Kier alpha value is -1.97.